The van der Waals surface area contributed by atoms with Gasteiger partial charge >= 0.3 is 11.9 Å². The van der Waals surface area contributed by atoms with Gasteiger partial charge in [0.1, 0.15) is 6.61 Å². The van der Waals surface area contributed by atoms with Gasteiger partial charge in [-0.1, -0.05) is 214 Å². The molecule has 0 aliphatic carbocycles. The van der Waals surface area contributed by atoms with Crippen LogP contribution in [-0.4, -0.2) is 36.4 Å². The minimum Gasteiger partial charge on any atom is -0.462 e. The number of esters is 2. The van der Waals surface area contributed by atoms with Crippen molar-refractivity contribution in [3.8, 4) is 0 Å². The van der Waals surface area contributed by atoms with E-state index in [4.69, 9.17) is 9.47 Å². The van der Waals surface area contributed by atoms with E-state index in [1.165, 1.54) is 103 Å². The normalized spacial score (nSPS) is 13.0. The highest BCUT2D eigenvalue weighted by Crippen LogP contribution is 2.15. The molecule has 0 aliphatic rings. The summed E-state index contributed by atoms with van der Waals surface area (Å²) in [5, 5.41) is 9.54. The SMILES string of the molecule is CC/C=C\C/C=C\C/C=C\C/C=C\C/C=C\C/C=C\C/C=C\CCCCCCCCCCCCCCCC(=O)OC(CO)COC(=O)CCCCCCCCCC. The summed E-state index contributed by atoms with van der Waals surface area (Å²) in [5.41, 5.74) is 0. The molecule has 1 atom stereocenters. The molecule has 326 valence electrons. The largest absolute Gasteiger partial charge is 0.462 e. The second-order valence-corrected chi connectivity index (χ2v) is 15.5. The van der Waals surface area contributed by atoms with Crippen LogP contribution in [0, 0.1) is 0 Å². The molecule has 1 N–H and O–H groups in total. The number of unbranched alkanes of at least 4 members (excludes halogenated alkanes) is 20. The van der Waals surface area contributed by atoms with Gasteiger partial charge in [-0.25, -0.2) is 0 Å². The van der Waals surface area contributed by atoms with Crippen LogP contribution in [0.5, 0.6) is 0 Å². The Morgan fingerprint density at radius 3 is 1.14 bits per heavy atom. The number of carbonyl (C=O) groups excluding carboxylic acids is 2. The van der Waals surface area contributed by atoms with Crippen LogP contribution in [0.4, 0.5) is 0 Å². The standard InChI is InChI=1S/C52H88O5/c1-3-5-7-9-11-13-14-15-16-17-18-19-20-21-22-23-24-25-26-27-28-29-30-31-32-33-34-35-36-37-38-39-41-43-45-47-52(55)57-50(48-53)49-56-51(54)46-44-42-40-12-10-8-6-4-2/h5,7,11,13,15-16,18-19,21-22,24-25,27-28,50,53H,3-4,6,8-10,12,14,17,20,23,26,29-49H2,1-2H3/b7-5-,13-11-,16-15-,19-18-,22-21-,25-24-,28-27-. The molecular formula is C52H88O5. The van der Waals surface area contributed by atoms with E-state index in [1.54, 1.807) is 0 Å². The maximum atomic E-state index is 12.2. The van der Waals surface area contributed by atoms with E-state index in [0.717, 1.165) is 83.5 Å². The van der Waals surface area contributed by atoms with Crippen LogP contribution in [-0.2, 0) is 19.1 Å². The van der Waals surface area contributed by atoms with Crippen LogP contribution in [0.15, 0.2) is 85.1 Å². The molecular weight excluding hydrogens is 705 g/mol. The van der Waals surface area contributed by atoms with Gasteiger partial charge in [0.25, 0.3) is 0 Å². The summed E-state index contributed by atoms with van der Waals surface area (Å²) in [6, 6.07) is 0. The van der Waals surface area contributed by atoms with Crippen molar-refractivity contribution in [3.63, 3.8) is 0 Å². The van der Waals surface area contributed by atoms with E-state index in [2.05, 4.69) is 98.9 Å². The maximum Gasteiger partial charge on any atom is 0.306 e. The van der Waals surface area contributed by atoms with Gasteiger partial charge < -0.3 is 14.6 Å². The molecule has 0 aromatic carbocycles. The summed E-state index contributed by atoms with van der Waals surface area (Å²) >= 11 is 0. The Bertz CT molecular complexity index is 1080. The molecule has 0 spiro atoms. The zero-order valence-electron chi connectivity index (χ0n) is 37.1. The van der Waals surface area contributed by atoms with Crippen LogP contribution in [0.25, 0.3) is 0 Å². The van der Waals surface area contributed by atoms with Crippen molar-refractivity contribution in [2.24, 2.45) is 0 Å². The zero-order chi connectivity index (χ0) is 41.4. The first-order valence-corrected chi connectivity index (χ1v) is 23.6. The van der Waals surface area contributed by atoms with Gasteiger partial charge in [0.05, 0.1) is 6.61 Å². The Kier molecular flexibility index (Phi) is 45.0. The van der Waals surface area contributed by atoms with E-state index >= 15 is 0 Å². The van der Waals surface area contributed by atoms with Crippen LogP contribution in [0.1, 0.15) is 213 Å². The van der Waals surface area contributed by atoms with Gasteiger partial charge in [-0.15, -0.1) is 0 Å². The first-order chi connectivity index (χ1) is 28.1. The number of carbonyl (C=O) groups is 2. The summed E-state index contributed by atoms with van der Waals surface area (Å²) in [7, 11) is 0. The molecule has 0 saturated heterocycles. The smallest absolute Gasteiger partial charge is 0.306 e. The van der Waals surface area contributed by atoms with Crippen molar-refractivity contribution in [2.45, 2.75) is 219 Å². The summed E-state index contributed by atoms with van der Waals surface area (Å²) in [5.74, 6) is -0.597. The van der Waals surface area contributed by atoms with E-state index in [1.807, 2.05) is 0 Å². The van der Waals surface area contributed by atoms with E-state index in [-0.39, 0.29) is 25.2 Å². The fourth-order valence-corrected chi connectivity index (χ4v) is 6.42. The molecule has 0 radical (unpaired) electrons. The number of allylic oxidation sites excluding steroid dienone is 14. The number of aliphatic hydroxyl groups excluding tert-OH is 1. The van der Waals surface area contributed by atoms with E-state index < -0.39 is 6.10 Å². The Morgan fingerprint density at radius 2 is 0.754 bits per heavy atom. The molecule has 1 unspecified atom stereocenters. The number of aliphatic hydroxyl groups is 1. The minimum absolute atomic E-state index is 0.0669. The Labute approximate surface area is 352 Å². The number of rotatable bonds is 42. The average Bonchev–Trinajstić information content (AvgIpc) is 3.21. The van der Waals surface area contributed by atoms with E-state index in [9.17, 15) is 14.7 Å². The topological polar surface area (TPSA) is 72.8 Å². The molecule has 5 nitrogen and oxygen atoms in total. The van der Waals surface area contributed by atoms with Crippen molar-refractivity contribution in [3.05, 3.63) is 85.1 Å². The molecule has 0 bridgehead atoms. The highest BCUT2D eigenvalue weighted by molar-refractivity contribution is 5.70. The van der Waals surface area contributed by atoms with Crippen molar-refractivity contribution in [1.82, 2.24) is 0 Å². The van der Waals surface area contributed by atoms with Crippen molar-refractivity contribution in [2.75, 3.05) is 13.2 Å². The number of hydrogen-bond donors (Lipinski definition) is 1. The zero-order valence-corrected chi connectivity index (χ0v) is 37.1. The molecule has 5 heteroatoms. The average molecular weight is 793 g/mol. The predicted octanol–water partition coefficient (Wildman–Crippen LogP) is 15.5. The third-order valence-electron chi connectivity index (χ3n) is 9.95. The van der Waals surface area contributed by atoms with Crippen molar-refractivity contribution in [1.29, 1.82) is 0 Å². The third-order valence-corrected chi connectivity index (χ3v) is 9.95. The summed E-state index contributed by atoms with van der Waals surface area (Å²) in [4.78, 5) is 24.2. The van der Waals surface area contributed by atoms with Gasteiger partial charge in [0.15, 0.2) is 6.10 Å². The van der Waals surface area contributed by atoms with Crippen LogP contribution >= 0.6 is 0 Å². The number of ether oxygens (including phenoxy) is 2. The molecule has 0 fully saturated rings. The molecule has 0 aromatic heterocycles. The summed E-state index contributed by atoms with van der Waals surface area (Å²) in [6.07, 6.45) is 65.5. The van der Waals surface area contributed by atoms with Gasteiger partial charge in [0, 0.05) is 12.8 Å². The van der Waals surface area contributed by atoms with Crippen LogP contribution < -0.4 is 0 Å². The first-order valence-electron chi connectivity index (χ1n) is 23.6. The Morgan fingerprint density at radius 1 is 0.421 bits per heavy atom. The van der Waals surface area contributed by atoms with E-state index in [0.29, 0.717) is 12.8 Å². The number of hydrogen-bond acceptors (Lipinski definition) is 5. The monoisotopic (exact) mass is 793 g/mol. The molecule has 0 saturated carbocycles. The van der Waals surface area contributed by atoms with Gasteiger partial charge in [0.2, 0.25) is 0 Å². The molecule has 0 aromatic rings. The Balaban J connectivity index is 3.50. The predicted molar refractivity (Wildman–Crippen MR) is 246 cm³/mol. The van der Waals surface area contributed by atoms with Crippen molar-refractivity contribution < 1.29 is 24.2 Å². The summed E-state index contributed by atoms with van der Waals surface area (Å²) < 4.78 is 10.6. The molecule has 0 amide bonds. The second kappa shape index (κ2) is 47.5. The van der Waals surface area contributed by atoms with Crippen molar-refractivity contribution >= 4 is 11.9 Å². The van der Waals surface area contributed by atoms with Crippen LogP contribution in [0.2, 0.25) is 0 Å². The third kappa shape index (κ3) is 45.7. The quantitative estimate of drug-likeness (QED) is 0.0379. The van der Waals surface area contributed by atoms with Gasteiger partial charge in [-0.05, 0) is 70.6 Å². The lowest BCUT2D eigenvalue weighted by atomic mass is 10.0. The van der Waals surface area contributed by atoms with Gasteiger partial charge in [-0.3, -0.25) is 9.59 Å². The maximum absolute atomic E-state index is 12.2. The first kappa shape index (κ1) is 54.1. The highest BCUT2D eigenvalue weighted by Gasteiger charge is 2.16. The lowest BCUT2D eigenvalue weighted by Gasteiger charge is -2.15. The highest BCUT2D eigenvalue weighted by atomic mass is 16.6. The molecule has 0 heterocycles. The minimum atomic E-state index is -0.771. The lowest BCUT2D eigenvalue weighted by molar-refractivity contribution is -0.161. The summed E-state index contributed by atoms with van der Waals surface area (Å²) in [6.45, 7) is 3.98. The lowest BCUT2D eigenvalue weighted by Crippen LogP contribution is -2.28. The van der Waals surface area contributed by atoms with Crippen LogP contribution in [0.3, 0.4) is 0 Å². The fourth-order valence-electron chi connectivity index (χ4n) is 6.42. The second-order valence-electron chi connectivity index (χ2n) is 15.5. The molecule has 0 aliphatic heterocycles. The molecule has 57 heavy (non-hydrogen) atoms. The Hall–Kier alpha value is -2.92. The van der Waals surface area contributed by atoms with Gasteiger partial charge in [-0.2, -0.15) is 0 Å². The molecule has 0 rings (SSSR count). The fraction of sp³-hybridized carbons (Fsp3) is 0.692.